The summed E-state index contributed by atoms with van der Waals surface area (Å²) in [5.41, 5.74) is 0.901. The molecule has 2 aromatic heterocycles. The number of likely N-dealkylation sites (tertiary alicyclic amines) is 1. The van der Waals surface area contributed by atoms with Crippen molar-refractivity contribution in [3.05, 3.63) is 74.3 Å². The topological polar surface area (TPSA) is 67.8 Å². The Bertz CT molecular complexity index is 1110. The fourth-order valence-electron chi connectivity index (χ4n) is 3.41. The minimum Gasteiger partial charge on any atom is -0.459 e. The zero-order valence-electron chi connectivity index (χ0n) is 16.0. The lowest BCUT2D eigenvalue weighted by Crippen LogP contribution is -2.40. The number of rotatable bonds is 4. The van der Waals surface area contributed by atoms with Gasteiger partial charge in [-0.3, -0.25) is 9.59 Å². The summed E-state index contributed by atoms with van der Waals surface area (Å²) < 4.78 is 7.07. The van der Waals surface area contributed by atoms with Crippen molar-refractivity contribution in [2.75, 3.05) is 13.1 Å². The van der Waals surface area contributed by atoms with Crippen molar-refractivity contribution in [1.82, 2.24) is 9.47 Å². The molecule has 156 valence electrons. The molecule has 1 saturated heterocycles. The Balaban J connectivity index is 1.42. The molecule has 4 rings (SSSR count). The van der Waals surface area contributed by atoms with Crippen molar-refractivity contribution in [2.45, 2.75) is 19.4 Å². The minimum atomic E-state index is -0.194. The predicted octanol–water partition coefficient (Wildman–Crippen LogP) is 4.48. The summed E-state index contributed by atoms with van der Waals surface area (Å²) in [5.74, 6) is -0.164. The highest BCUT2D eigenvalue weighted by atomic mass is 35.5. The fourth-order valence-corrected chi connectivity index (χ4v) is 4.61. The summed E-state index contributed by atoms with van der Waals surface area (Å²) in [6.45, 7) is 1.52. The van der Waals surface area contributed by atoms with Gasteiger partial charge < -0.3 is 13.9 Å². The second kappa shape index (κ2) is 9.20. The minimum absolute atomic E-state index is 0.140. The average molecular weight is 464 g/mol. The van der Waals surface area contributed by atoms with Crippen molar-refractivity contribution in [1.29, 1.82) is 0 Å². The monoisotopic (exact) mass is 463 g/mol. The molecule has 6 nitrogen and oxygen atoms in total. The van der Waals surface area contributed by atoms with Crippen LogP contribution < -0.4 is 4.80 Å². The zero-order chi connectivity index (χ0) is 21.1. The van der Waals surface area contributed by atoms with Crippen molar-refractivity contribution >= 4 is 46.4 Å². The highest BCUT2D eigenvalue weighted by Crippen LogP contribution is 2.22. The van der Waals surface area contributed by atoms with Crippen LogP contribution in [-0.4, -0.2) is 34.4 Å². The molecule has 1 aliphatic heterocycles. The number of aromatic nitrogens is 1. The van der Waals surface area contributed by atoms with E-state index < -0.39 is 0 Å². The van der Waals surface area contributed by atoms with Crippen molar-refractivity contribution < 1.29 is 14.0 Å². The summed E-state index contributed by atoms with van der Waals surface area (Å²) in [5, 5.41) is 3.05. The summed E-state index contributed by atoms with van der Waals surface area (Å²) >= 11 is 13.6. The van der Waals surface area contributed by atoms with E-state index in [-0.39, 0.29) is 17.7 Å². The third kappa shape index (κ3) is 4.69. The van der Waals surface area contributed by atoms with Gasteiger partial charge in [-0.05, 0) is 42.7 Å². The van der Waals surface area contributed by atoms with Gasteiger partial charge in [-0.2, -0.15) is 4.99 Å². The predicted molar refractivity (Wildman–Crippen MR) is 116 cm³/mol. The van der Waals surface area contributed by atoms with Crippen LogP contribution >= 0.6 is 34.5 Å². The molecule has 0 bridgehead atoms. The first-order valence-corrected chi connectivity index (χ1v) is 11.1. The number of furan rings is 1. The lowest BCUT2D eigenvalue weighted by atomic mass is 9.96. The van der Waals surface area contributed by atoms with Gasteiger partial charge in [0.15, 0.2) is 10.6 Å². The molecule has 9 heteroatoms. The van der Waals surface area contributed by atoms with Crippen LogP contribution in [0.5, 0.6) is 0 Å². The normalized spacial score (nSPS) is 15.5. The van der Waals surface area contributed by atoms with Gasteiger partial charge in [0.25, 0.3) is 11.8 Å². The van der Waals surface area contributed by atoms with Crippen LogP contribution in [-0.2, 0) is 11.3 Å². The fraction of sp³-hybridized carbons (Fsp3) is 0.286. The third-order valence-corrected chi connectivity index (χ3v) is 6.47. The number of halogens is 2. The van der Waals surface area contributed by atoms with Crippen molar-refractivity contribution in [3.63, 3.8) is 0 Å². The van der Waals surface area contributed by atoms with Crippen LogP contribution in [0.15, 0.2) is 57.6 Å². The Hall–Kier alpha value is -2.35. The van der Waals surface area contributed by atoms with Gasteiger partial charge in [0, 0.05) is 40.6 Å². The standard InChI is InChI=1S/C21H19Cl2N3O3S/c22-16-4-3-15(17(23)12-16)13-26-9-11-30-21(26)24-19(27)14-5-7-25(8-6-14)20(28)18-2-1-10-29-18/h1-4,9-12,14H,5-8,13H2. The molecule has 30 heavy (non-hydrogen) atoms. The van der Waals surface area contributed by atoms with Crippen LogP contribution in [0.3, 0.4) is 0 Å². The Morgan fingerprint density at radius 1 is 1.20 bits per heavy atom. The van der Waals surface area contributed by atoms with Crippen molar-refractivity contribution in [2.24, 2.45) is 10.9 Å². The van der Waals surface area contributed by atoms with E-state index in [1.54, 1.807) is 29.2 Å². The number of benzene rings is 1. The molecule has 1 fully saturated rings. The van der Waals surface area contributed by atoms with Gasteiger partial charge in [0.2, 0.25) is 0 Å². The SMILES string of the molecule is O=C(N=c1sccn1Cc1ccc(Cl)cc1Cl)C1CCN(C(=O)c2ccco2)CC1. The average Bonchev–Trinajstić information content (AvgIpc) is 3.42. The third-order valence-electron chi connectivity index (χ3n) is 5.08. The zero-order valence-corrected chi connectivity index (χ0v) is 18.3. The molecular formula is C21H19Cl2N3O3S. The quantitative estimate of drug-likeness (QED) is 0.572. The van der Waals surface area contributed by atoms with Gasteiger partial charge in [-0.1, -0.05) is 29.3 Å². The van der Waals surface area contributed by atoms with Gasteiger partial charge in [0.05, 0.1) is 12.8 Å². The van der Waals surface area contributed by atoms with Crippen LogP contribution in [0, 0.1) is 5.92 Å². The van der Waals surface area contributed by atoms with Crippen LogP contribution in [0.2, 0.25) is 10.0 Å². The summed E-state index contributed by atoms with van der Waals surface area (Å²) in [6.07, 6.45) is 4.54. The molecule has 0 saturated carbocycles. The smallest absolute Gasteiger partial charge is 0.289 e. The molecule has 0 atom stereocenters. The van der Waals surface area contributed by atoms with E-state index in [0.717, 1.165) is 5.56 Å². The Labute approximate surface area is 187 Å². The maximum atomic E-state index is 12.7. The van der Waals surface area contributed by atoms with Crippen molar-refractivity contribution in [3.8, 4) is 0 Å². The van der Waals surface area contributed by atoms with Gasteiger partial charge in [-0.15, -0.1) is 11.3 Å². The van der Waals surface area contributed by atoms with E-state index in [9.17, 15) is 9.59 Å². The first-order valence-electron chi connectivity index (χ1n) is 9.50. The number of amides is 2. The largest absolute Gasteiger partial charge is 0.459 e. The number of thiazole rings is 1. The Morgan fingerprint density at radius 2 is 2.00 bits per heavy atom. The molecule has 1 aliphatic rings. The molecule has 1 aromatic carbocycles. The molecular weight excluding hydrogens is 445 g/mol. The number of piperidine rings is 1. The Kier molecular flexibility index (Phi) is 6.41. The second-order valence-corrected chi connectivity index (χ2v) is 8.76. The van der Waals surface area contributed by atoms with E-state index >= 15 is 0 Å². The molecule has 3 aromatic rings. The number of hydrogen-bond donors (Lipinski definition) is 0. The molecule has 0 unspecified atom stereocenters. The Morgan fingerprint density at radius 3 is 2.70 bits per heavy atom. The molecule has 0 spiro atoms. The molecule has 2 amide bonds. The number of hydrogen-bond acceptors (Lipinski definition) is 4. The molecule has 0 N–H and O–H groups in total. The first kappa shape index (κ1) is 20.9. The summed E-state index contributed by atoms with van der Waals surface area (Å²) in [4.78, 5) is 31.8. The second-order valence-electron chi connectivity index (χ2n) is 7.04. The molecule has 3 heterocycles. The highest BCUT2D eigenvalue weighted by molar-refractivity contribution is 7.07. The number of carbonyl (C=O) groups excluding carboxylic acids is 2. The van der Waals surface area contributed by atoms with Gasteiger partial charge in [-0.25, -0.2) is 0 Å². The maximum absolute atomic E-state index is 12.7. The van der Waals surface area contributed by atoms with E-state index in [1.165, 1.54) is 17.6 Å². The van der Waals surface area contributed by atoms with Gasteiger partial charge >= 0.3 is 0 Å². The van der Waals surface area contributed by atoms with Gasteiger partial charge in [0.1, 0.15) is 0 Å². The molecule has 0 radical (unpaired) electrons. The maximum Gasteiger partial charge on any atom is 0.289 e. The lowest BCUT2D eigenvalue weighted by Gasteiger charge is -2.29. The highest BCUT2D eigenvalue weighted by Gasteiger charge is 2.28. The number of carbonyl (C=O) groups is 2. The van der Waals surface area contributed by atoms with Crippen LogP contribution in [0.25, 0.3) is 0 Å². The summed E-state index contributed by atoms with van der Waals surface area (Å²) in [7, 11) is 0. The van der Waals surface area contributed by atoms with E-state index in [1.807, 2.05) is 22.2 Å². The van der Waals surface area contributed by atoms with Crippen LogP contribution in [0.1, 0.15) is 29.0 Å². The lowest BCUT2D eigenvalue weighted by molar-refractivity contribution is -0.123. The molecule has 0 aliphatic carbocycles. The van der Waals surface area contributed by atoms with Crippen LogP contribution in [0.4, 0.5) is 0 Å². The van der Waals surface area contributed by atoms with E-state index in [4.69, 9.17) is 27.6 Å². The number of nitrogens with zero attached hydrogens (tertiary/aromatic N) is 3. The first-order chi connectivity index (χ1) is 14.5. The van der Waals surface area contributed by atoms with E-state index in [2.05, 4.69) is 4.99 Å². The summed E-state index contributed by atoms with van der Waals surface area (Å²) in [6, 6.07) is 8.70. The van der Waals surface area contributed by atoms with E-state index in [0.29, 0.717) is 53.1 Å².